The molecule has 1 fully saturated rings. The highest BCUT2D eigenvalue weighted by molar-refractivity contribution is 5.76. The van der Waals surface area contributed by atoms with Crippen LogP contribution in [0.2, 0.25) is 0 Å². The van der Waals surface area contributed by atoms with Crippen molar-refractivity contribution in [2.75, 3.05) is 13.1 Å². The number of nitrogens with one attached hydrogen (secondary N) is 2. The maximum Gasteiger partial charge on any atom is 0.328 e. The minimum absolute atomic E-state index is 0.0801. The summed E-state index contributed by atoms with van der Waals surface area (Å²) in [5.41, 5.74) is 1.33. The van der Waals surface area contributed by atoms with Gasteiger partial charge in [0.05, 0.1) is 11.0 Å². The molecule has 0 spiro atoms. The van der Waals surface area contributed by atoms with Crippen LogP contribution in [0.5, 0.6) is 0 Å². The second-order valence-electron chi connectivity index (χ2n) is 7.02. The van der Waals surface area contributed by atoms with Gasteiger partial charge >= 0.3 is 5.69 Å². The highest BCUT2D eigenvalue weighted by Gasteiger charge is 2.27. The number of hydrogen-bond acceptors (Lipinski definition) is 4. The average Bonchev–Trinajstić information content (AvgIpc) is 3.10. The Morgan fingerprint density at radius 1 is 1.26 bits per heavy atom. The highest BCUT2D eigenvalue weighted by atomic mass is 16.2. The number of imidazole rings is 1. The van der Waals surface area contributed by atoms with Crippen LogP contribution in [-0.2, 0) is 11.3 Å². The Bertz CT molecular complexity index is 1080. The number of amides is 1. The quantitative estimate of drug-likeness (QED) is 0.724. The van der Waals surface area contributed by atoms with E-state index >= 15 is 0 Å². The molecule has 0 aliphatic carbocycles. The summed E-state index contributed by atoms with van der Waals surface area (Å²) in [6, 6.07) is 7.87. The maximum atomic E-state index is 12.7. The molecule has 1 unspecified atom stereocenters. The zero-order chi connectivity index (χ0) is 19.0. The molecule has 0 saturated carbocycles. The summed E-state index contributed by atoms with van der Waals surface area (Å²) in [5.74, 6) is 0.902. The Morgan fingerprint density at radius 2 is 2.07 bits per heavy atom. The van der Waals surface area contributed by atoms with Gasteiger partial charge in [-0.25, -0.2) is 9.78 Å². The number of nitrogens with zero attached hydrogens (tertiary/aromatic N) is 3. The molecule has 1 aliphatic heterocycles. The minimum Gasteiger partial charge on any atom is -0.342 e. The molecular formula is C19H21N5O3. The number of hydrogen-bond donors (Lipinski definition) is 2. The summed E-state index contributed by atoms with van der Waals surface area (Å²) < 4.78 is 1.25. The first-order valence-corrected chi connectivity index (χ1v) is 9.04. The number of H-pyrrole nitrogens is 2. The SMILES string of the molecule is Cc1cn(CC(=O)N2CCCC(c3nc4ccccc4[nH]3)C2)c(=O)[nH]c1=O. The van der Waals surface area contributed by atoms with Crippen molar-refractivity contribution in [1.29, 1.82) is 0 Å². The lowest BCUT2D eigenvalue weighted by Gasteiger charge is -2.32. The van der Waals surface area contributed by atoms with Crippen molar-refractivity contribution in [3.8, 4) is 0 Å². The first-order chi connectivity index (χ1) is 13.0. The molecule has 8 heteroatoms. The monoisotopic (exact) mass is 367 g/mol. The molecule has 2 aromatic heterocycles. The topological polar surface area (TPSA) is 104 Å². The number of carbonyl (C=O) groups excluding carboxylic acids is 1. The number of benzene rings is 1. The van der Waals surface area contributed by atoms with E-state index in [0.717, 1.165) is 29.7 Å². The molecule has 2 N–H and O–H groups in total. The van der Waals surface area contributed by atoms with Crippen LogP contribution < -0.4 is 11.2 Å². The Morgan fingerprint density at radius 3 is 2.89 bits per heavy atom. The first-order valence-electron chi connectivity index (χ1n) is 9.04. The van der Waals surface area contributed by atoms with E-state index in [2.05, 4.69) is 15.0 Å². The van der Waals surface area contributed by atoms with E-state index in [1.165, 1.54) is 10.8 Å². The van der Waals surface area contributed by atoms with Gasteiger partial charge in [0, 0.05) is 30.8 Å². The number of carbonyl (C=O) groups is 1. The van der Waals surface area contributed by atoms with Gasteiger partial charge in [0.25, 0.3) is 5.56 Å². The molecule has 1 aliphatic rings. The fraction of sp³-hybridized carbons (Fsp3) is 0.368. The summed E-state index contributed by atoms with van der Waals surface area (Å²) in [4.78, 5) is 48.1. The van der Waals surface area contributed by atoms with Gasteiger partial charge in [-0.1, -0.05) is 12.1 Å². The minimum atomic E-state index is -0.565. The lowest BCUT2D eigenvalue weighted by Crippen LogP contribution is -2.43. The first kappa shape index (κ1) is 17.3. The van der Waals surface area contributed by atoms with E-state index < -0.39 is 11.2 Å². The van der Waals surface area contributed by atoms with Crippen molar-refractivity contribution in [1.82, 2.24) is 24.4 Å². The highest BCUT2D eigenvalue weighted by Crippen LogP contribution is 2.26. The lowest BCUT2D eigenvalue weighted by atomic mass is 9.97. The molecule has 1 saturated heterocycles. The summed E-state index contributed by atoms with van der Waals surface area (Å²) in [7, 11) is 0. The Hall–Kier alpha value is -3.16. The average molecular weight is 367 g/mol. The molecule has 1 amide bonds. The fourth-order valence-electron chi connectivity index (χ4n) is 3.57. The van der Waals surface area contributed by atoms with Gasteiger partial charge in [0.2, 0.25) is 5.91 Å². The van der Waals surface area contributed by atoms with Gasteiger partial charge in [-0.3, -0.25) is 19.1 Å². The summed E-state index contributed by atoms with van der Waals surface area (Å²) in [5, 5.41) is 0. The molecule has 1 atom stereocenters. The fourth-order valence-corrected chi connectivity index (χ4v) is 3.57. The lowest BCUT2D eigenvalue weighted by molar-refractivity contribution is -0.133. The number of likely N-dealkylation sites (tertiary alicyclic amines) is 1. The van der Waals surface area contributed by atoms with E-state index in [1.54, 1.807) is 11.8 Å². The Balaban J connectivity index is 1.51. The predicted octanol–water partition coefficient (Wildman–Crippen LogP) is 1.13. The van der Waals surface area contributed by atoms with E-state index in [-0.39, 0.29) is 18.4 Å². The molecule has 4 rings (SSSR count). The van der Waals surface area contributed by atoms with Gasteiger partial charge in [-0.2, -0.15) is 0 Å². The number of rotatable bonds is 3. The molecule has 1 aromatic carbocycles. The van der Waals surface area contributed by atoms with Crippen LogP contribution in [0.4, 0.5) is 0 Å². The summed E-state index contributed by atoms with van der Waals surface area (Å²) in [6.45, 7) is 2.75. The van der Waals surface area contributed by atoms with Crippen LogP contribution in [0, 0.1) is 6.92 Å². The van der Waals surface area contributed by atoms with Crippen molar-refractivity contribution in [3.63, 3.8) is 0 Å². The second kappa shape index (κ2) is 6.86. The van der Waals surface area contributed by atoms with Crippen molar-refractivity contribution in [3.05, 3.63) is 62.7 Å². The van der Waals surface area contributed by atoms with Gasteiger partial charge in [0.15, 0.2) is 0 Å². The van der Waals surface area contributed by atoms with E-state index in [9.17, 15) is 14.4 Å². The van der Waals surface area contributed by atoms with E-state index in [0.29, 0.717) is 18.7 Å². The van der Waals surface area contributed by atoms with E-state index in [4.69, 9.17) is 0 Å². The third-order valence-corrected chi connectivity index (χ3v) is 5.06. The standard InChI is InChI=1S/C19H21N5O3/c1-12-9-24(19(27)22-18(12)26)11-16(25)23-8-4-5-13(10-23)17-20-14-6-2-3-7-15(14)21-17/h2-3,6-7,9,13H,4-5,8,10-11H2,1H3,(H,20,21)(H,22,26,27). The number of aryl methyl sites for hydroxylation is 1. The predicted molar refractivity (Wildman–Crippen MR) is 101 cm³/mol. The van der Waals surface area contributed by atoms with Crippen molar-refractivity contribution in [2.45, 2.75) is 32.2 Å². The maximum absolute atomic E-state index is 12.7. The smallest absolute Gasteiger partial charge is 0.328 e. The number of aromatic amines is 2. The summed E-state index contributed by atoms with van der Waals surface area (Å²) >= 11 is 0. The number of aromatic nitrogens is 4. The normalized spacial score (nSPS) is 17.4. The van der Waals surface area contributed by atoms with Crippen LogP contribution >= 0.6 is 0 Å². The molecule has 0 radical (unpaired) electrons. The molecule has 8 nitrogen and oxygen atoms in total. The van der Waals surface area contributed by atoms with Gasteiger partial charge in [-0.05, 0) is 31.9 Å². The second-order valence-corrected chi connectivity index (χ2v) is 7.02. The largest absolute Gasteiger partial charge is 0.342 e. The zero-order valence-electron chi connectivity index (χ0n) is 15.1. The Kier molecular flexibility index (Phi) is 4.39. The Labute approximate surface area is 154 Å². The van der Waals surface area contributed by atoms with Crippen LogP contribution in [0.25, 0.3) is 11.0 Å². The molecule has 27 heavy (non-hydrogen) atoms. The van der Waals surface area contributed by atoms with Crippen LogP contribution in [0.1, 0.15) is 30.1 Å². The zero-order valence-corrected chi connectivity index (χ0v) is 15.1. The number of piperidine rings is 1. The van der Waals surface area contributed by atoms with Gasteiger partial charge in [0.1, 0.15) is 12.4 Å². The van der Waals surface area contributed by atoms with Crippen molar-refractivity contribution in [2.24, 2.45) is 0 Å². The number of para-hydroxylation sites is 2. The van der Waals surface area contributed by atoms with Crippen LogP contribution in [0.15, 0.2) is 40.1 Å². The number of fused-ring (bicyclic) bond motifs is 1. The molecule has 3 aromatic rings. The molecule has 0 bridgehead atoms. The van der Waals surface area contributed by atoms with Crippen molar-refractivity contribution < 1.29 is 4.79 Å². The molecular weight excluding hydrogens is 346 g/mol. The van der Waals surface area contributed by atoms with Gasteiger partial charge < -0.3 is 9.88 Å². The third-order valence-electron chi connectivity index (χ3n) is 5.06. The molecule has 140 valence electrons. The molecule has 3 heterocycles. The third kappa shape index (κ3) is 3.42. The summed E-state index contributed by atoms with van der Waals surface area (Å²) in [6.07, 6.45) is 3.27. The van der Waals surface area contributed by atoms with Crippen molar-refractivity contribution >= 4 is 16.9 Å². The van der Waals surface area contributed by atoms with Crippen LogP contribution in [-0.4, -0.2) is 43.4 Å². The van der Waals surface area contributed by atoms with Gasteiger partial charge in [-0.15, -0.1) is 0 Å². The van der Waals surface area contributed by atoms with Crippen LogP contribution in [0.3, 0.4) is 0 Å². The van der Waals surface area contributed by atoms with E-state index in [1.807, 2.05) is 24.3 Å².